The third-order valence-corrected chi connectivity index (χ3v) is 6.61. The summed E-state index contributed by atoms with van der Waals surface area (Å²) in [4.78, 5) is 14.2. The van der Waals surface area contributed by atoms with Gasteiger partial charge in [-0.05, 0) is 43.5 Å². The molecule has 1 aliphatic heterocycles. The number of fused-ring (bicyclic) bond motifs is 1. The van der Waals surface area contributed by atoms with E-state index in [1.165, 1.54) is 30.2 Å². The van der Waals surface area contributed by atoms with E-state index in [2.05, 4.69) is 5.32 Å². The van der Waals surface area contributed by atoms with Crippen molar-refractivity contribution in [2.45, 2.75) is 36.9 Å². The highest BCUT2D eigenvalue weighted by Crippen LogP contribution is 2.39. The summed E-state index contributed by atoms with van der Waals surface area (Å²) < 4.78 is 66.3. The smallest absolute Gasteiger partial charge is 0.416 e. The number of rotatable bonds is 8. The van der Waals surface area contributed by atoms with Crippen LogP contribution in [-0.4, -0.2) is 48.8 Å². The zero-order valence-corrected chi connectivity index (χ0v) is 21.5. The molecule has 2 atom stereocenters. The minimum atomic E-state index is -4.58. The summed E-state index contributed by atoms with van der Waals surface area (Å²) in [5, 5.41) is 12.1. The molecule has 0 fully saturated rings. The number of aliphatic hydroxyl groups is 1. The number of alkyl halides is 4. The van der Waals surface area contributed by atoms with Crippen LogP contribution in [0.3, 0.4) is 0 Å². The van der Waals surface area contributed by atoms with E-state index in [9.17, 15) is 18.0 Å². The van der Waals surface area contributed by atoms with Gasteiger partial charge in [-0.1, -0.05) is 12.1 Å². The lowest BCUT2D eigenvalue weighted by atomic mass is 9.91. The van der Waals surface area contributed by atoms with Crippen LogP contribution in [0.5, 0.6) is 11.5 Å². The lowest BCUT2D eigenvalue weighted by Crippen LogP contribution is -2.44. The second kappa shape index (κ2) is 10.9. The predicted molar refractivity (Wildman–Crippen MR) is 137 cm³/mol. The Morgan fingerprint density at radius 2 is 1.97 bits per heavy atom. The van der Waals surface area contributed by atoms with Crippen molar-refractivity contribution in [2.24, 2.45) is 0 Å². The van der Waals surface area contributed by atoms with Gasteiger partial charge in [0.25, 0.3) is 5.91 Å². The summed E-state index contributed by atoms with van der Waals surface area (Å²) in [7, 11) is 1.43. The van der Waals surface area contributed by atoms with Crippen LogP contribution in [0.15, 0.2) is 60.0 Å². The number of amides is 1. The third-order valence-electron chi connectivity index (χ3n) is 6.34. The Labute approximate surface area is 222 Å². The number of benzene rings is 2. The average molecular weight is 555 g/mol. The van der Waals surface area contributed by atoms with E-state index in [4.69, 9.17) is 26.2 Å². The van der Waals surface area contributed by atoms with Gasteiger partial charge >= 0.3 is 6.18 Å². The van der Waals surface area contributed by atoms with Crippen LogP contribution in [0.4, 0.5) is 28.9 Å². The Morgan fingerprint density at radius 3 is 2.63 bits per heavy atom. The van der Waals surface area contributed by atoms with Gasteiger partial charge in [-0.3, -0.25) is 4.79 Å². The summed E-state index contributed by atoms with van der Waals surface area (Å²) in [5.41, 5.74) is 0.214. The fourth-order valence-corrected chi connectivity index (χ4v) is 4.64. The van der Waals surface area contributed by atoms with Gasteiger partial charge < -0.3 is 24.8 Å². The van der Waals surface area contributed by atoms with Crippen molar-refractivity contribution in [3.63, 3.8) is 0 Å². The second-order valence-electron chi connectivity index (χ2n) is 9.26. The van der Waals surface area contributed by atoms with E-state index in [0.29, 0.717) is 29.2 Å². The van der Waals surface area contributed by atoms with Crippen molar-refractivity contribution in [3.05, 3.63) is 71.1 Å². The maximum Gasteiger partial charge on any atom is 0.416 e. The monoisotopic (exact) mass is 554 g/mol. The molecule has 2 aliphatic rings. The first-order valence-electron chi connectivity index (χ1n) is 11.9. The van der Waals surface area contributed by atoms with E-state index >= 15 is 4.39 Å². The van der Waals surface area contributed by atoms with Gasteiger partial charge in [0.05, 0.1) is 24.2 Å². The number of carbonyl (C=O) groups is 1. The van der Waals surface area contributed by atoms with E-state index in [-0.39, 0.29) is 37.4 Å². The molecule has 2 aromatic carbocycles. The van der Waals surface area contributed by atoms with Crippen LogP contribution in [-0.2, 0) is 17.4 Å². The van der Waals surface area contributed by atoms with Crippen LogP contribution in [0.1, 0.15) is 24.5 Å². The number of methoxy groups -OCH3 is 1. The predicted octanol–water partition coefficient (Wildman–Crippen LogP) is 5.64. The van der Waals surface area contributed by atoms with E-state index in [1.807, 2.05) is 0 Å². The Kier molecular flexibility index (Phi) is 7.94. The Balaban J connectivity index is 1.73. The van der Waals surface area contributed by atoms with Crippen LogP contribution in [0.25, 0.3) is 0 Å². The van der Waals surface area contributed by atoms with Crippen LogP contribution in [0, 0.1) is 0 Å². The highest BCUT2D eigenvalue weighted by atomic mass is 35.5. The van der Waals surface area contributed by atoms with Crippen LogP contribution >= 0.6 is 11.6 Å². The molecule has 1 amide bonds. The van der Waals surface area contributed by atoms with Gasteiger partial charge in [0, 0.05) is 41.7 Å². The minimum Gasteiger partial charge on any atom is -0.497 e. The maximum atomic E-state index is 15.3. The van der Waals surface area contributed by atoms with Gasteiger partial charge in [-0.2, -0.15) is 13.2 Å². The van der Waals surface area contributed by atoms with Crippen LogP contribution in [0.2, 0.25) is 0 Å². The van der Waals surface area contributed by atoms with Crippen molar-refractivity contribution >= 4 is 28.9 Å². The number of carbonyl (C=O) groups excluding carboxylic acids is 1. The molecule has 0 spiro atoms. The summed E-state index contributed by atoms with van der Waals surface area (Å²) in [6, 6.07) is 6.70. The van der Waals surface area contributed by atoms with Crippen molar-refractivity contribution < 1.29 is 36.9 Å². The fourth-order valence-electron chi connectivity index (χ4n) is 4.47. The molecular formula is C27H27ClF4N2O4. The topological polar surface area (TPSA) is 71.0 Å². The maximum absolute atomic E-state index is 15.3. The normalized spacial score (nSPS) is 19.8. The summed E-state index contributed by atoms with van der Waals surface area (Å²) in [6.07, 6.45) is -1.25. The number of allylic oxidation sites excluding steroid dienone is 2. The molecule has 0 saturated carbocycles. The molecule has 38 heavy (non-hydrogen) atoms. The van der Waals surface area contributed by atoms with Gasteiger partial charge in [0.15, 0.2) is 0 Å². The molecule has 204 valence electrons. The lowest BCUT2D eigenvalue weighted by molar-refractivity contribution is -0.137. The fraction of sp³-hybridized carbons (Fsp3) is 0.370. The minimum absolute atomic E-state index is 0.0118. The van der Waals surface area contributed by atoms with Gasteiger partial charge in [-0.15, -0.1) is 11.6 Å². The lowest BCUT2D eigenvalue weighted by Gasteiger charge is -2.30. The van der Waals surface area contributed by atoms with Crippen LogP contribution < -0.4 is 19.7 Å². The molecule has 0 bridgehead atoms. The summed E-state index contributed by atoms with van der Waals surface area (Å²) in [6.45, 7) is 1.56. The number of nitrogens with one attached hydrogen (secondary N) is 1. The first kappa shape index (κ1) is 27.8. The Bertz CT molecular complexity index is 1280. The largest absolute Gasteiger partial charge is 0.497 e. The zero-order valence-electron chi connectivity index (χ0n) is 20.7. The molecule has 6 nitrogen and oxygen atoms in total. The van der Waals surface area contributed by atoms with Gasteiger partial charge in [0.1, 0.15) is 30.0 Å². The van der Waals surface area contributed by atoms with Gasteiger partial charge in [-0.25, -0.2) is 4.39 Å². The SMILES string of the molecule is COc1cc(NC(C(=O)N2CCc3ccc(C(F)(F)F)cc32)C2=CCC(C)(Cl)C=C2F)cc(OCCO)c1. The second-order valence-corrected chi connectivity index (χ2v) is 10.1. The summed E-state index contributed by atoms with van der Waals surface area (Å²) in [5.74, 6) is -0.632. The number of aliphatic hydroxyl groups excluding tert-OH is 1. The van der Waals surface area contributed by atoms with E-state index < -0.39 is 34.4 Å². The van der Waals surface area contributed by atoms with Crippen molar-refractivity contribution in [1.82, 2.24) is 0 Å². The standard InChI is InChI=1S/C27H27ClF4N2O4/c1-26(28)7-5-21(22(29)15-26)24(33-18-12-19(37-2)14-20(13-18)38-10-9-35)25(36)34-8-6-16-3-4-17(11-23(16)34)27(30,31)32/h3-5,11-15,24,33,35H,6-10H2,1-2H3. The molecule has 2 unspecified atom stereocenters. The number of nitrogens with zero attached hydrogens (tertiary/aromatic N) is 1. The van der Waals surface area contributed by atoms with Crippen molar-refractivity contribution in [3.8, 4) is 11.5 Å². The third kappa shape index (κ3) is 6.07. The number of hydrogen-bond acceptors (Lipinski definition) is 5. The first-order valence-corrected chi connectivity index (χ1v) is 12.3. The number of hydrogen-bond donors (Lipinski definition) is 2. The quantitative estimate of drug-likeness (QED) is 0.327. The highest BCUT2D eigenvalue weighted by molar-refractivity contribution is 6.25. The molecule has 4 rings (SSSR count). The molecule has 0 aromatic heterocycles. The summed E-state index contributed by atoms with van der Waals surface area (Å²) >= 11 is 6.30. The number of halogens is 5. The molecule has 0 radical (unpaired) electrons. The molecule has 0 saturated heterocycles. The molecule has 2 N–H and O–H groups in total. The first-order chi connectivity index (χ1) is 17.9. The van der Waals surface area contributed by atoms with E-state index in [1.54, 1.807) is 25.1 Å². The average Bonchev–Trinajstić information content (AvgIpc) is 3.28. The molecular weight excluding hydrogens is 528 g/mol. The molecule has 1 heterocycles. The molecule has 11 heteroatoms. The van der Waals surface area contributed by atoms with Crippen molar-refractivity contribution in [2.75, 3.05) is 37.1 Å². The molecule has 1 aliphatic carbocycles. The Hall–Kier alpha value is -3.24. The van der Waals surface area contributed by atoms with Crippen molar-refractivity contribution in [1.29, 1.82) is 0 Å². The molecule has 2 aromatic rings. The van der Waals surface area contributed by atoms with Gasteiger partial charge in [0.2, 0.25) is 0 Å². The Morgan fingerprint density at radius 1 is 1.24 bits per heavy atom. The number of anilines is 2. The number of ether oxygens (including phenoxy) is 2. The zero-order chi connectivity index (χ0) is 27.7. The highest BCUT2D eigenvalue weighted by Gasteiger charge is 2.38. The van der Waals surface area contributed by atoms with E-state index in [0.717, 1.165) is 12.1 Å².